The molecule has 1 aromatic carbocycles. The minimum Gasteiger partial charge on any atom is -0.340 e. The number of aryl methyl sites for hydroxylation is 1. The van der Waals surface area contributed by atoms with Crippen LogP contribution in [0, 0.1) is 0 Å². The lowest BCUT2D eigenvalue weighted by atomic mass is 10.1. The van der Waals surface area contributed by atoms with Crippen molar-refractivity contribution in [1.29, 1.82) is 0 Å². The molecular weight excluding hydrogens is 250 g/mol. The normalized spacial score (nSPS) is 11.3. The van der Waals surface area contributed by atoms with Crippen LogP contribution < -0.4 is 5.32 Å². The molecule has 3 aromatic rings. The summed E-state index contributed by atoms with van der Waals surface area (Å²) in [4.78, 5) is 0. The molecule has 0 aliphatic rings. The molecule has 3 rings (SSSR count). The van der Waals surface area contributed by atoms with E-state index in [4.69, 9.17) is 0 Å². The van der Waals surface area contributed by atoms with Gasteiger partial charge in [-0.05, 0) is 35.7 Å². The van der Waals surface area contributed by atoms with Crippen molar-refractivity contribution in [3.05, 3.63) is 48.2 Å². The molecule has 0 saturated heterocycles. The zero-order valence-electron chi connectivity index (χ0n) is 11.9. The summed E-state index contributed by atoms with van der Waals surface area (Å²) in [5, 5.41) is 12.7. The second-order valence-electron chi connectivity index (χ2n) is 4.98. The summed E-state index contributed by atoms with van der Waals surface area (Å²) in [6.07, 6.45) is 3.84. The zero-order chi connectivity index (χ0) is 13.9. The second kappa shape index (κ2) is 5.46. The van der Waals surface area contributed by atoms with Gasteiger partial charge in [-0.3, -0.25) is 0 Å². The van der Waals surface area contributed by atoms with Crippen molar-refractivity contribution in [2.45, 2.75) is 20.0 Å². The Hall–Kier alpha value is -2.14. The summed E-state index contributed by atoms with van der Waals surface area (Å²) in [7, 11) is 1.97. The Morgan fingerprint density at radius 2 is 2.15 bits per heavy atom. The molecule has 20 heavy (non-hydrogen) atoms. The smallest absolute Gasteiger partial charge is 0.152 e. The average molecular weight is 269 g/mol. The third kappa shape index (κ3) is 2.44. The molecule has 104 valence electrons. The van der Waals surface area contributed by atoms with Gasteiger partial charge in [0.15, 0.2) is 5.82 Å². The van der Waals surface area contributed by atoms with Crippen LogP contribution in [-0.2, 0) is 20.1 Å². The standard InChI is InChI=1S/C15H19N5/c1-3-16-9-12-4-5-14-13(8-12)6-7-20(14)10-15-18-17-11-19(15)2/h4-8,11,16H,3,9-10H2,1-2H3. The van der Waals surface area contributed by atoms with Crippen LogP contribution >= 0.6 is 0 Å². The molecule has 0 atom stereocenters. The zero-order valence-corrected chi connectivity index (χ0v) is 11.9. The van der Waals surface area contributed by atoms with Crippen LogP contribution in [0.25, 0.3) is 10.9 Å². The van der Waals surface area contributed by atoms with Crippen LogP contribution in [-0.4, -0.2) is 25.9 Å². The summed E-state index contributed by atoms with van der Waals surface area (Å²) in [6.45, 7) is 4.77. The van der Waals surface area contributed by atoms with Gasteiger partial charge in [0.2, 0.25) is 0 Å². The first-order valence-corrected chi connectivity index (χ1v) is 6.89. The fraction of sp³-hybridized carbons (Fsp3) is 0.333. The molecule has 5 nitrogen and oxygen atoms in total. The van der Waals surface area contributed by atoms with Gasteiger partial charge in [-0.1, -0.05) is 13.0 Å². The van der Waals surface area contributed by atoms with E-state index in [0.29, 0.717) is 0 Å². The largest absolute Gasteiger partial charge is 0.340 e. The molecule has 5 heteroatoms. The van der Waals surface area contributed by atoms with Crippen molar-refractivity contribution in [2.75, 3.05) is 6.54 Å². The summed E-state index contributed by atoms with van der Waals surface area (Å²) in [5.74, 6) is 0.958. The Morgan fingerprint density at radius 3 is 2.90 bits per heavy atom. The molecule has 2 heterocycles. The van der Waals surface area contributed by atoms with Crippen molar-refractivity contribution in [3.63, 3.8) is 0 Å². The highest BCUT2D eigenvalue weighted by molar-refractivity contribution is 5.80. The number of aromatic nitrogens is 4. The minimum absolute atomic E-state index is 0.743. The first-order valence-electron chi connectivity index (χ1n) is 6.89. The highest BCUT2D eigenvalue weighted by atomic mass is 15.3. The SMILES string of the molecule is CCNCc1ccc2c(ccn2Cc2nncn2C)c1. The first kappa shape index (κ1) is 12.9. The van der Waals surface area contributed by atoms with E-state index in [1.54, 1.807) is 6.33 Å². The Labute approximate surface area is 118 Å². The topological polar surface area (TPSA) is 47.7 Å². The van der Waals surface area contributed by atoms with Gasteiger partial charge >= 0.3 is 0 Å². The van der Waals surface area contributed by atoms with E-state index in [1.165, 1.54) is 16.5 Å². The van der Waals surface area contributed by atoms with Gasteiger partial charge in [0.1, 0.15) is 6.33 Å². The van der Waals surface area contributed by atoms with E-state index in [9.17, 15) is 0 Å². The third-order valence-electron chi connectivity index (χ3n) is 3.53. The Morgan fingerprint density at radius 1 is 1.25 bits per heavy atom. The van der Waals surface area contributed by atoms with Gasteiger partial charge in [-0.15, -0.1) is 10.2 Å². The van der Waals surface area contributed by atoms with Gasteiger partial charge in [-0.2, -0.15) is 0 Å². The highest BCUT2D eigenvalue weighted by Gasteiger charge is 2.06. The van der Waals surface area contributed by atoms with Gasteiger partial charge in [0, 0.05) is 25.3 Å². The lowest BCUT2D eigenvalue weighted by Gasteiger charge is -2.06. The minimum atomic E-state index is 0.743. The van der Waals surface area contributed by atoms with Crippen molar-refractivity contribution < 1.29 is 0 Å². The fourth-order valence-electron chi connectivity index (χ4n) is 2.37. The molecule has 1 N–H and O–H groups in total. The Kier molecular flexibility index (Phi) is 3.52. The second-order valence-corrected chi connectivity index (χ2v) is 4.98. The number of hydrogen-bond acceptors (Lipinski definition) is 3. The van der Waals surface area contributed by atoms with Crippen LogP contribution in [0.2, 0.25) is 0 Å². The Balaban J connectivity index is 1.88. The molecule has 2 aromatic heterocycles. The first-order chi connectivity index (χ1) is 9.78. The maximum Gasteiger partial charge on any atom is 0.152 e. The average Bonchev–Trinajstić information content (AvgIpc) is 3.04. The van der Waals surface area contributed by atoms with Crippen LogP contribution in [0.15, 0.2) is 36.8 Å². The number of benzene rings is 1. The predicted octanol–water partition coefficient (Wildman–Crippen LogP) is 1.93. The fourth-order valence-corrected chi connectivity index (χ4v) is 2.37. The lowest BCUT2D eigenvalue weighted by Crippen LogP contribution is -2.11. The van der Waals surface area contributed by atoms with Crippen molar-refractivity contribution in [2.24, 2.45) is 7.05 Å². The van der Waals surface area contributed by atoms with E-state index in [1.807, 2.05) is 11.6 Å². The molecule has 0 unspecified atom stereocenters. The maximum atomic E-state index is 4.14. The maximum absolute atomic E-state index is 4.14. The van der Waals surface area contributed by atoms with E-state index in [-0.39, 0.29) is 0 Å². The van der Waals surface area contributed by atoms with Crippen LogP contribution in [0.1, 0.15) is 18.3 Å². The quantitative estimate of drug-likeness (QED) is 0.770. The van der Waals surface area contributed by atoms with E-state index in [2.05, 4.69) is 57.5 Å². The van der Waals surface area contributed by atoms with Crippen LogP contribution in [0.4, 0.5) is 0 Å². The lowest BCUT2D eigenvalue weighted by molar-refractivity contribution is 0.715. The summed E-state index contributed by atoms with van der Waals surface area (Å²) in [5.41, 5.74) is 2.55. The van der Waals surface area contributed by atoms with E-state index in [0.717, 1.165) is 25.5 Å². The molecule has 0 aliphatic heterocycles. The summed E-state index contributed by atoms with van der Waals surface area (Å²) in [6, 6.07) is 8.75. The number of rotatable bonds is 5. The van der Waals surface area contributed by atoms with Gasteiger partial charge in [-0.25, -0.2) is 0 Å². The molecule has 0 spiro atoms. The predicted molar refractivity (Wildman–Crippen MR) is 79.4 cm³/mol. The number of nitrogens with zero attached hydrogens (tertiary/aromatic N) is 4. The van der Waals surface area contributed by atoms with Crippen LogP contribution in [0.5, 0.6) is 0 Å². The van der Waals surface area contributed by atoms with E-state index >= 15 is 0 Å². The monoisotopic (exact) mass is 269 g/mol. The molecule has 0 radical (unpaired) electrons. The molecular formula is C15H19N5. The van der Waals surface area contributed by atoms with Gasteiger partial charge in [0.05, 0.1) is 6.54 Å². The molecule has 0 aliphatic carbocycles. The molecule has 0 bridgehead atoms. The summed E-state index contributed by atoms with van der Waals surface area (Å²) >= 11 is 0. The highest BCUT2D eigenvalue weighted by Crippen LogP contribution is 2.18. The molecule has 0 saturated carbocycles. The van der Waals surface area contributed by atoms with Crippen molar-refractivity contribution in [3.8, 4) is 0 Å². The van der Waals surface area contributed by atoms with Gasteiger partial charge in [0.25, 0.3) is 0 Å². The number of fused-ring (bicyclic) bond motifs is 1. The van der Waals surface area contributed by atoms with Crippen LogP contribution in [0.3, 0.4) is 0 Å². The third-order valence-corrected chi connectivity index (χ3v) is 3.53. The molecule has 0 fully saturated rings. The van der Waals surface area contributed by atoms with Crippen molar-refractivity contribution >= 4 is 10.9 Å². The van der Waals surface area contributed by atoms with Gasteiger partial charge < -0.3 is 14.5 Å². The Bertz CT molecular complexity index is 710. The number of nitrogens with one attached hydrogen (secondary N) is 1. The summed E-state index contributed by atoms with van der Waals surface area (Å²) < 4.78 is 4.15. The number of hydrogen-bond donors (Lipinski definition) is 1. The molecule has 0 amide bonds. The van der Waals surface area contributed by atoms with E-state index < -0.39 is 0 Å². The van der Waals surface area contributed by atoms with Crippen molar-refractivity contribution in [1.82, 2.24) is 24.6 Å².